The van der Waals surface area contributed by atoms with E-state index in [4.69, 9.17) is 0 Å². The van der Waals surface area contributed by atoms with E-state index < -0.39 is 0 Å². The third kappa shape index (κ3) is 3.53. The number of benzene rings is 1. The monoisotopic (exact) mass is 300 g/mol. The van der Waals surface area contributed by atoms with Gasteiger partial charge in [0.2, 0.25) is 5.95 Å². The van der Waals surface area contributed by atoms with Crippen molar-refractivity contribution in [1.29, 1.82) is 0 Å². The van der Waals surface area contributed by atoms with Crippen LogP contribution < -0.4 is 10.2 Å². The normalized spacial score (nSPS) is 15.9. The number of nitrogens with one attached hydrogen (secondary N) is 1. The van der Waals surface area contributed by atoms with Gasteiger partial charge in [-0.15, -0.1) is 0 Å². The molecule has 1 aliphatic heterocycles. The Morgan fingerprint density at radius 2 is 1.95 bits per heavy atom. The first-order valence-electron chi connectivity index (χ1n) is 7.73. The summed E-state index contributed by atoms with van der Waals surface area (Å²) in [7, 11) is 0. The van der Waals surface area contributed by atoms with Gasteiger partial charge in [-0.25, -0.2) is 9.37 Å². The molecule has 0 amide bonds. The van der Waals surface area contributed by atoms with E-state index in [2.05, 4.69) is 27.1 Å². The Kier molecular flexibility index (Phi) is 4.22. The lowest BCUT2D eigenvalue weighted by molar-refractivity contribution is 0.434. The van der Waals surface area contributed by atoms with Crippen LogP contribution in [0.4, 0.5) is 21.8 Å². The molecule has 0 bridgehead atoms. The summed E-state index contributed by atoms with van der Waals surface area (Å²) in [4.78, 5) is 11.4. The number of anilines is 3. The number of halogens is 1. The lowest BCUT2D eigenvalue weighted by atomic mass is 10.00. The molecule has 4 nitrogen and oxygen atoms in total. The maximum Gasteiger partial charge on any atom is 0.227 e. The second kappa shape index (κ2) is 6.30. The molecule has 0 radical (unpaired) electrons. The van der Waals surface area contributed by atoms with Crippen LogP contribution in [-0.2, 0) is 0 Å². The van der Waals surface area contributed by atoms with Crippen molar-refractivity contribution >= 4 is 17.5 Å². The third-order valence-electron chi connectivity index (χ3n) is 4.01. The van der Waals surface area contributed by atoms with Crippen LogP contribution in [-0.4, -0.2) is 23.1 Å². The zero-order valence-corrected chi connectivity index (χ0v) is 13.0. The van der Waals surface area contributed by atoms with Crippen molar-refractivity contribution in [3.63, 3.8) is 0 Å². The number of nitrogens with zero attached hydrogens (tertiary/aromatic N) is 3. The summed E-state index contributed by atoms with van der Waals surface area (Å²) in [5.41, 5.74) is 1.60. The number of rotatable bonds is 3. The van der Waals surface area contributed by atoms with Gasteiger partial charge in [-0.1, -0.05) is 13.0 Å². The molecular weight excluding hydrogens is 279 g/mol. The smallest absolute Gasteiger partial charge is 0.227 e. The van der Waals surface area contributed by atoms with E-state index in [1.54, 1.807) is 6.07 Å². The lowest BCUT2D eigenvalue weighted by Gasteiger charge is -2.30. The molecule has 1 fully saturated rings. The molecule has 0 aliphatic carbocycles. The van der Waals surface area contributed by atoms with Crippen LogP contribution in [0.5, 0.6) is 0 Å². The zero-order valence-electron chi connectivity index (χ0n) is 13.0. The minimum atomic E-state index is -0.263. The standard InChI is InChI=1S/C17H21FN4/c1-12-6-8-22(9-7-12)17-19-13(2)10-16(21-17)20-15-5-3-4-14(18)11-15/h3-5,10-12H,6-9H2,1-2H3,(H,19,20,21). The average Bonchev–Trinajstić information content (AvgIpc) is 2.47. The number of hydrogen-bond donors (Lipinski definition) is 1. The van der Waals surface area contributed by atoms with Crippen LogP contribution in [0.3, 0.4) is 0 Å². The molecule has 2 heterocycles. The summed E-state index contributed by atoms with van der Waals surface area (Å²) < 4.78 is 13.3. The van der Waals surface area contributed by atoms with Crippen LogP contribution in [0.1, 0.15) is 25.5 Å². The summed E-state index contributed by atoms with van der Waals surface area (Å²) in [5, 5.41) is 3.16. The minimum absolute atomic E-state index is 0.263. The molecule has 116 valence electrons. The van der Waals surface area contributed by atoms with E-state index >= 15 is 0 Å². The highest BCUT2D eigenvalue weighted by Gasteiger charge is 2.18. The predicted octanol–water partition coefficient (Wildman–Crippen LogP) is 3.90. The van der Waals surface area contributed by atoms with Gasteiger partial charge in [-0.3, -0.25) is 0 Å². The van der Waals surface area contributed by atoms with E-state index in [-0.39, 0.29) is 5.82 Å². The Morgan fingerprint density at radius 1 is 1.18 bits per heavy atom. The van der Waals surface area contributed by atoms with Gasteiger partial charge >= 0.3 is 0 Å². The maximum absolute atomic E-state index is 13.3. The molecule has 1 saturated heterocycles. The molecule has 1 aliphatic rings. The van der Waals surface area contributed by atoms with Crippen molar-refractivity contribution in [2.75, 3.05) is 23.3 Å². The Morgan fingerprint density at radius 3 is 2.68 bits per heavy atom. The van der Waals surface area contributed by atoms with Gasteiger partial charge in [-0.2, -0.15) is 4.98 Å². The summed E-state index contributed by atoms with van der Waals surface area (Å²) in [5.74, 6) is 1.96. The largest absolute Gasteiger partial charge is 0.341 e. The van der Waals surface area contributed by atoms with Gasteiger partial charge in [0.05, 0.1) is 0 Å². The summed E-state index contributed by atoms with van der Waals surface area (Å²) in [6.45, 7) is 6.22. The van der Waals surface area contributed by atoms with Crippen LogP contribution in [0.15, 0.2) is 30.3 Å². The average molecular weight is 300 g/mol. The molecule has 1 aromatic heterocycles. The molecule has 3 rings (SSSR count). The Hall–Kier alpha value is -2.17. The highest BCUT2D eigenvalue weighted by atomic mass is 19.1. The van der Waals surface area contributed by atoms with Gasteiger partial charge in [0.15, 0.2) is 0 Å². The molecule has 2 aromatic rings. The van der Waals surface area contributed by atoms with E-state index in [0.717, 1.165) is 30.6 Å². The molecule has 0 atom stereocenters. The van der Waals surface area contributed by atoms with Crippen LogP contribution in [0.25, 0.3) is 0 Å². The molecule has 0 spiro atoms. The number of hydrogen-bond acceptors (Lipinski definition) is 4. The van der Waals surface area contributed by atoms with E-state index in [1.807, 2.05) is 19.1 Å². The van der Waals surface area contributed by atoms with Crippen molar-refractivity contribution in [2.45, 2.75) is 26.7 Å². The summed E-state index contributed by atoms with van der Waals surface area (Å²) >= 11 is 0. The molecule has 0 unspecified atom stereocenters. The van der Waals surface area contributed by atoms with E-state index in [9.17, 15) is 4.39 Å². The van der Waals surface area contributed by atoms with Crippen LogP contribution >= 0.6 is 0 Å². The number of piperidine rings is 1. The zero-order chi connectivity index (χ0) is 15.5. The van der Waals surface area contributed by atoms with Crippen molar-refractivity contribution < 1.29 is 4.39 Å². The van der Waals surface area contributed by atoms with Crippen molar-refractivity contribution in [2.24, 2.45) is 5.92 Å². The van der Waals surface area contributed by atoms with Crippen LogP contribution in [0.2, 0.25) is 0 Å². The Balaban J connectivity index is 1.80. The Labute approximate surface area is 130 Å². The maximum atomic E-state index is 13.3. The summed E-state index contributed by atoms with van der Waals surface area (Å²) in [6, 6.07) is 8.26. The first kappa shape index (κ1) is 14.8. The topological polar surface area (TPSA) is 41.1 Å². The second-order valence-corrected chi connectivity index (χ2v) is 6.00. The third-order valence-corrected chi connectivity index (χ3v) is 4.01. The van der Waals surface area contributed by atoms with Gasteiger partial charge in [0.1, 0.15) is 11.6 Å². The van der Waals surface area contributed by atoms with Gasteiger partial charge in [-0.05, 0) is 43.9 Å². The van der Waals surface area contributed by atoms with Crippen molar-refractivity contribution in [1.82, 2.24) is 9.97 Å². The predicted molar refractivity (Wildman–Crippen MR) is 87.1 cm³/mol. The fourth-order valence-corrected chi connectivity index (χ4v) is 2.68. The van der Waals surface area contributed by atoms with Gasteiger partial charge in [0.25, 0.3) is 0 Å². The highest BCUT2D eigenvalue weighted by Crippen LogP contribution is 2.23. The quantitative estimate of drug-likeness (QED) is 0.933. The fourth-order valence-electron chi connectivity index (χ4n) is 2.68. The number of aryl methyl sites for hydroxylation is 1. The fraction of sp³-hybridized carbons (Fsp3) is 0.412. The minimum Gasteiger partial charge on any atom is -0.341 e. The van der Waals surface area contributed by atoms with Gasteiger partial charge in [0, 0.05) is 30.5 Å². The Bertz CT molecular complexity index is 651. The van der Waals surface area contributed by atoms with Gasteiger partial charge < -0.3 is 10.2 Å². The molecule has 0 saturated carbocycles. The second-order valence-electron chi connectivity index (χ2n) is 6.00. The number of aromatic nitrogens is 2. The van der Waals surface area contributed by atoms with Crippen LogP contribution in [0, 0.1) is 18.7 Å². The first-order chi connectivity index (χ1) is 10.6. The molecule has 22 heavy (non-hydrogen) atoms. The van der Waals surface area contributed by atoms with E-state index in [1.165, 1.54) is 25.0 Å². The highest BCUT2D eigenvalue weighted by molar-refractivity contribution is 5.57. The van der Waals surface area contributed by atoms with Crippen molar-refractivity contribution in [3.8, 4) is 0 Å². The first-order valence-corrected chi connectivity index (χ1v) is 7.73. The SMILES string of the molecule is Cc1cc(Nc2cccc(F)c2)nc(N2CCC(C)CC2)n1. The molecule has 1 N–H and O–H groups in total. The molecule has 1 aromatic carbocycles. The molecule has 5 heteroatoms. The lowest BCUT2D eigenvalue weighted by Crippen LogP contribution is -2.34. The van der Waals surface area contributed by atoms with Crippen molar-refractivity contribution in [3.05, 3.63) is 41.8 Å². The van der Waals surface area contributed by atoms with E-state index in [0.29, 0.717) is 11.5 Å². The molecular formula is C17H21FN4. The summed E-state index contributed by atoms with van der Waals surface area (Å²) in [6.07, 6.45) is 2.34.